The van der Waals surface area contributed by atoms with E-state index in [1.54, 1.807) is 0 Å². The molecule has 9 heteroatoms. The lowest BCUT2D eigenvalue weighted by Gasteiger charge is -2.20. The molecule has 34 heavy (non-hydrogen) atoms. The topological polar surface area (TPSA) is 108 Å². The molecule has 3 atom stereocenters. The van der Waals surface area contributed by atoms with E-state index in [0.29, 0.717) is 18.5 Å². The van der Waals surface area contributed by atoms with Gasteiger partial charge < -0.3 is 16.0 Å². The maximum atomic E-state index is 13.0. The maximum absolute atomic E-state index is 13.0. The van der Waals surface area contributed by atoms with E-state index in [0.717, 1.165) is 35.5 Å². The van der Waals surface area contributed by atoms with Gasteiger partial charge in [0.15, 0.2) is 0 Å². The zero-order chi connectivity index (χ0) is 24.9. The van der Waals surface area contributed by atoms with Crippen LogP contribution < -0.4 is 20.3 Å². The van der Waals surface area contributed by atoms with Gasteiger partial charge in [0, 0.05) is 30.8 Å². The molecular weight excluding hydrogens is 452 g/mol. The molecule has 3 N–H and O–H groups in total. The number of carbonyl (C=O) groups excluding carboxylic acids is 2. The van der Waals surface area contributed by atoms with Crippen LogP contribution in [0.2, 0.25) is 0 Å². The molecule has 8 nitrogen and oxygen atoms in total. The van der Waals surface area contributed by atoms with Crippen LogP contribution in [0, 0.1) is 5.92 Å². The minimum Gasteiger partial charge on any atom is -0.352 e. The molecule has 1 saturated heterocycles. The predicted octanol–water partition coefficient (Wildman–Crippen LogP) is 2.69. The minimum atomic E-state index is -3.58. The smallest absolute Gasteiger partial charge is 0.251 e. The molecule has 0 bridgehead atoms. The molecule has 1 aliphatic heterocycles. The van der Waals surface area contributed by atoms with Gasteiger partial charge in [-0.25, -0.2) is 8.42 Å². The standard InChI is InChI=1S/C25H34N4O4S/c1-17-10-12-26-23(17)11-13-27-24(30)20-14-21(16-22(15-20)29(3)34(4,32)33)25(31)28-18(2)19-8-6-5-7-9-19/h5-9,14-18,23,26H,10-13H2,1-4H3,(H,27,30)(H,28,31)/t17?,18-,23?/m1/s1. The second-order valence-corrected chi connectivity index (χ2v) is 11.0. The Morgan fingerprint density at radius 3 is 2.35 bits per heavy atom. The van der Waals surface area contributed by atoms with Gasteiger partial charge in [0.2, 0.25) is 10.0 Å². The highest BCUT2D eigenvalue weighted by molar-refractivity contribution is 7.92. The van der Waals surface area contributed by atoms with Gasteiger partial charge in [-0.3, -0.25) is 13.9 Å². The number of hydrogen-bond acceptors (Lipinski definition) is 5. The first-order valence-electron chi connectivity index (χ1n) is 11.5. The minimum absolute atomic E-state index is 0.215. The molecule has 2 aromatic carbocycles. The molecule has 2 amide bonds. The van der Waals surface area contributed by atoms with E-state index in [-0.39, 0.29) is 28.8 Å². The van der Waals surface area contributed by atoms with Gasteiger partial charge in [-0.05, 0) is 56.0 Å². The van der Waals surface area contributed by atoms with Crippen LogP contribution in [0.25, 0.3) is 0 Å². The molecule has 0 aromatic heterocycles. The summed E-state index contributed by atoms with van der Waals surface area (Å²) in [5.74, 6) is -0.178. The zero-order valence-corrected chi connectivity index (χ0v) is 21.0. The number of rotatable bonds is 9. The van der Waals surface area contributed by atoms with E-state index in [1.165, 1.54) is 25.2 Å². The van der Waals surface area contributed by atoms with E-state index in [9.17, 15) is 18.0 Å². The first kappa shape index (κ1) is 25.7. The average molecular weight is 487 g/mol. The van der Waals surface area contributed by atoms with E-state index >= 15 is 0 Å². The fourth-order valence-corrected chi connectivity index (χ4v) is 4.57. The van der Waals surface area contributed by atoms with Crippen molar-refractivity contribution in [2.24, 2.45) is 5.92 Å². The molecule has 0 spiro atoms. The van der Waals surface area contributed by atoms with Crippen molar-refractivity contribution in [3.63, 3.8) is 0 Å². The number of nitrogens with one attached hydrogen (secondary N) is 3. The lowest BCUT2D eigenvalue weighted by atomic mass is 10.0. The number of sulfonamides is 1. The van der Waals surface area contributed by atoms with Crippen molar-refractivity contribution in [1.29, 1.82) is 0 Å². The summed E-state index contributed by atoms with van der Waals surface area (Å²) in [6.07, 6.45) is 3.00. The van der Waals surface area contributed by atoms with Crippen LogP contribution >= 0.6 is 0 Å². The van der Waals surface area contributed by atoms with Gasteiger partial charge in [0.25, 0.3) is 11.8 Å². The van der Waals surface area contributed by atoms with Crippen LogP contribution in [-0.4, -0.2) is 52.7 Å². The molecule has 1 heterocycles. The highest BCUT2D eigenvalue weighted by Crippen LogP contribution is 2.22. The molecule has 184 valence electrons. The number of anilines is 1. The van der Waals surface area contributed by atoms with Gasteiger partial charge >= 0.3 is 0 Å². The number of amides is 2. The zero-order valence-electron chi connectivity index (χ0n) is 20.2. The third-order valence-electron chi connectivity index (χ3n) is 6.38. The van der Waals surface area contributed by atoms with Gasteiger partial charge in [0.05, 0.1) is 18.0 Å². The molecular formula is C25H34N4O4S. The van der Waals surface area contributed by atoms with Crippen LogP contribution in [0.1, 0.15) is 59.0 Å². The molecule has 0 aliphatic carbocycles. The van der Waals surface area contributed by atoms with Crippen molar-refractivity contribution in [2.75, 3.05) is 30.7 Å². The molecule has 0 radical (unpaired) electrons. The quantitative estimate of drug-likeness (QED) is 0.505. The van der Waals surface area contributed by atoms with Crippen LogP contribution in [0.5, 0.6) is 0 Å². The fourth-order valence-electron chi connectivity index (χ4n) is 4.08. The number of carbonyl (C=O) groups is 2. The van der Waals surface area contributed by atoms with Crippen molar-refractivity contribution in [3.8, 4) is 0 Å². The van der Waals surface area contributed by atoms with E-state index in [4.69, 9.17) is 0 Å². The Hall–Kier alpha value is -2.91. The van der Waals surface area contributed by atoms with Crippen LogP contribution in [0.4, 0.5) is 5.69 Å². The molecule has 1 aliphatic rings. The second kappa shape index (κ2) is 11.0. The van der Waals surface area contributed by atoms with Crippen LogP contribution in [0.3, 0.4) is 0 Å². The summed E-state index contributed by atoms with van der Waals surface area (Å²) >= 11 is 0. The van der Waals surface area contributed by atoms with E-state index < -0.39 is 15.9 Å². The monoisotopic (exact) mass is 486 g/mol. The largest absolute Gasteiger partial charge is 0.352 e. The second-order valence-electron chi connectivity index (χ2n) is 8.98. The summed E-state index contributed by atoms with van der Waals surface area (Å²) in [7, 11) is -2.18. The van der Waals surface area contributed by atoms with Crippen molar-refractivity contribution >= 4 is 27.5 Å². The average Bonchev–Trinajstić information content (AvgIpc) is 3.22. The molecule has 3 rings (SSSR count). The lowest BCUT2D eigenvalue weighted by molar-refractivity contribution is 0.0940. The summed E-state index contributed by atoms with van der Waals surface area (Å²) in [4.78, 5) is 25.9. The number of nitrogens with zero attached hydrogens (tertiary/aromatic N) is 1. The normalized spacial score (nSPS) is 18.8. The summed E-state index contributed by atoms with van der Waals surface area (Å²) in [5, 5.41) is 9.27. The van der Waals surface area contributed by atoms with Crippen molar-refractivity contribution in [3.05, 3.63) is 65.2 Å². The fraction of sp³-hybridized carbons (Fsp3) is 0.440. The first-order chi connectivity index (χ1) is 16.1. The van der Waals surface area contributed by atoms with Gasteiger partial charge in [-0.1, -0.05) is 37.3 Å². The van der Waals surface area contributed by atoms with Crippen molar-refractivity contribution in [1.82, 2.24) is 16.0 Å². The Bertz CT molecular complexity index is 1120. The van der Waals surface area contributed by atoms with E-state index in [1.807, 2.05) is 37.3 Å². The Morgan fingerprint density at radius 1 is 1.12 bits per heavy atom. The summed E-state index contributed by atoms with van der Waals surface area (Å²) in [6.45, 7) is 5.53. The first-order valence-corrected chi connectivity index (χ1v) is 13.4. The molecule has 0 saturated carbocycles. The Morgan fingerprint density at radius 2 is 1.76 bits per heavy atom. The third-order valence-corrected chi connectivity index (χ3v) is 7.59. The summed E-state index contributed by atoms with van der Waals surface area (Å²) in [5.41, 5.74) is 1.64. The third kappa shape index (κ3) is 6.57. The number of hydrogen-bond donors (Lipinski definition) is 3. The maximum Gasteiger partial charge on any atom is 0.251 e. The highest BCUT2D eigenvalue weighted by atomic mass is 32.2. The van der Waals surface area contributed by atoms with Crippen molar-refractivity contribution in [2.45, 2.75) is 38.8 Å². The Labute approximate surface area is 202 Å². The highest BCUT2D eigenvalue weighted by Gasteiger charge is 2.23. The Kier molecular flexibility index (Phi) is 8.33. The molecule has 2 aromatic rings. The summed E-state index contributed by atoms with van der Waals surface area (Å²) in [6, 6.07) is 14.1. The van der Waals surface area contributed by atoms with Gasteiger partial charge in [-0.2, -0.15) is 0 Å². The van der Waals surface area contributed by atoms with Gasteiger partial charge in [0.1, 0.15) is 0 Å². The van der Waals surface area contributed by atoms with Crippen LogP contribution in [-0.2, 0) is 10.0 Å². The molecule has 1 fully saturated rings. The predicted molar refractivity (Wildman–Crippen MR) is 135 cm³/mol. The van der Waals surface area contributed by atoms with E-state index in [2.05, 4.69) is 22.9 Å². The van der Waals surface area contributed by atoms with Gasteiger partial charge in [-0.15, -0.1) is 0 Å². The van der Waals surface area contributed by atoms with Crippen LogP contribution in [0.15, 0.2) is 48.5 Å². The number of benzene rings is 2. The SMILES string of the molecule is CC1CCNC1CCNC(=O)c1cc(C(=O)N[C@H](C)c2ccccc2)cc(N(C)S(C)(=O)=O)c1. The van der Waals surface area contributed by atoms with Crippen molar-refractivity contribution < 1.29 is 18.0 Å². The summed E-state index contributed by atoms with van der Waals surface area (Å²) < 4.78 is 25.3. The molecule has 2 unspecified atom stereocenters. The Balaban J connectivity index is 1.80. The lowest BCUT2D eigenvalue weighted by Crippen LogP contribution is -2.33.